The quantitative estimate of drug-likeness (QED) is 0.521. The topological polar surface area (TPSA) is 96.6 Å². The lowest BCUT2D eigenvalue weighted by atomic mass is 10.0. The average molecular weight is 431 g/mol. The number of carbonyl (C=O) groups excluding carboxylic acids is 1. The molecule has 2 aromatic carbocycles. The van der Waals surface area contributed by atoms with Crippen molar-refractivity contribution in [3.8, 4) is 28.7 Å². The van der Waals surface area contributed by atoms with Gasteiger partial charge in [-0.2, -0.15) is 0 Å². The van der Waals surface area contributed by atoms with E-state index in [-0.39, 0.29) is 12.5 Å². The van der Waals surface area contributed by atoms with E-state index in [2.05, 4.69) is 22.1 Å². The maximum absolute atomic E-state index is 11.7. The molecule has 164 valence electrons. The van der Waals surface area contributed by atoms with Gasteiger partial charge in [0.25, 0.3) is 5.91 Å². The first-order chi connectivity index (χ1) is 15.5. The molecule has 7 nitrogen and oxygen atoms in total. The zero-order valence-corrected chi connectivity index (χ0v) is 17.7. The molecule has 1 saturated heterocycles. The fraction of sp³-hybridized carbons (Fsp3) is 0.280. The van der Waals surface area contributed by atoms with Gasteiger partial charge in [-0.1, -0.05) is 36.1 Å². The highest BCUT2D eigenvalue weighted by molar-refractivity contribution is 5.83. The molecular formula is C25H25N3O4. The smallest absolute Gasteiger partial charge is 0.261 e. The minimum Gasteiger partial charge on any atom is -0.481 e. The summed E-state index contributed by atoms with van der Waals surface area (Å²) in [6.45, 7) is 2.10. The van der Waals surface area contributed by atoms with Gasteiger partial charge >= 0.3 is 0 Å². The van der Waals surface area contributed by atoms with Crippen LogP contribution < -0.4 is 10.1 Å². The lowest BCUT2D eigenvalue weighted by Gasteiger charge is -2.14. The van der Waals surface area contributed by atoms with E-state index in [9.17, 15) is 15.0 Å². The fourth-order valence-corrected chi connectivity index (χ4v) is 3.60. The van der Waals surface area contributed by atoms with Crippen molar-refractivity contribution < 1.29 is 19.7 Å². The molecule has 0 spiro atoms. The molecule has 4 rings (SSSR count). The summed E-state index contributed by atoms with van der Waals surface area (Å²) in [5, 5.41) is 22.3. The molecule has 7 heteroatoms. The SMILES string of the molecule is C[C@H](O)c1nccn1[C@@H](C#Cc1ccc(-c2ccc(O[C@H]3CCNC3=O)cc2)cc1)CO. The molecule has 0 saturated carbocycles. The molecule has 3 atom stereocenters. The third kappa shape index (κ3) is 4.83. The van der Waals surface area contributed by atoms with Crippen LogP contribution in [-0.2, 0) is 4.79 Å². The van der Waals surface area contributed by atoms with Gasteiger partial charge in [-0.05, 0) is 42.3 Å². The number of nitrogens with one attached hydrogen (secondary N) is 1. The molecule has 32 heavy (non-hydrogen) atoms. The molecule has 1 aliphatic heterocycles. The van der Waals surface area contributed by atoms with Gasteiger partial charge in [-0.25, -0.2) is 4.98 Å². The van der Waals surface area contributed by atoms with Crippen molar-refractivity contribution in [2.75, 3.05) is 13.2 Å². The van der Waals surface area contributed by atoms with Crippen LogP contribution in [0.2, 0.25) is 0 Å². The van der Waals surface area contributed by atoms with Crippen LogP contribution in [0.5, 0.6) is 5.75 Å². The monoisotopic (exact) mass is 431 g/mol. The number of benzene rings is 2. The van der Waals surface area contributed by atoms with Crippen molar-refractivity contribution in [3.63, 3.8) is 0 Å². The molecule has 0 radical (unpaired) electrons. The van der Waals surface area contributed by atoms with Crippen molar-refractivity contribution in [2.45, 2.75) is 31.6 Å². The summed E-state index contributed by atoms with van der Waals surface area (Å²) >= 11 is 0. The molecule has 3 aromatic rings. The van der Waals surface area contributed by atoms with Gasteiger partial charge in [-0.3, -0.25) is 4.79 Å². The fourth-order valence-electron chi connectivity index (χ4n) is 3.60. The van der Waals surface area contributed by atoms with E-state index in [1.54, 1.807) is 23.9 Å². The second-order valence-electron chi connectivity index (χ2n) is 7.62. The van der Waals surface area contributed by atoms with E-state index in [0.29, 0.717) is 24.5 Å². The van der Waals surface area contributed by atoms with Gasteiger partial charge in [0.1, 0.15) is 23.7 Å². The molecule has 1 fully saturated rings. The summed E-state index contributed by atoms with van der Waals surface area (Å²) in [7, 11) is 0. The van der Waals surface area contributed by atoms with E-state index in [0.717, 1.165) is 16.7 Å². The summed E-state index contributed by atoms with van der Waals surface area (Å²) in [5.41, 5.74) is 2.88. The molecular weight excluding hydrogens is 406 g/mol. The van der Waals surface area contributed by atoms with Crippen molar-refractivity contribution in [2.24, 2.45) is 0 Å². The molecule has 3 N–H and O–H groups in total. The first-order valence-corrected chi connectivity index (χ1v) is 10.5. The van der Waals surface area contributed by atoms with Crippen LogP contribution in [-0.4, -0.2) is 44.9 Å². The number of aromatic nitrogens is 2. The Hall–Kier alpha value is -3.60. The Bertz CT molecular complexity index is 1120. The van der Waals surface area contributed by atoms with Crippen molar-refractivity contribution in [3.05, 3.63) is 72.3 Å². The Morgan fingerprint density at radius 1 is 1.19 bits per heavy atom. The Morgan fingerprint density at radius 3 is 2.47 bits per heavy atom. The second-order valence-corrected chi connectivity index (χ2v) is 7.62. The minimum atomic E-state index is -0.743. The lowest BCUT2D eigenvalue weighted by Crippen LogP contribution is -2.27. The predicted molar refractivity (Wildman–Crippen MR) is 120 cm³/mol. The Labute approximate surface area is 186 Å². The van der Waals surface area contributed by atoms with Gasteiger partial charge in [0, 0.05) is 30.9 Å². The number of hydrogen-bond donors (Lipinski definition) is 3. The average Bonchev–Trinajstić information content (AvgIpc) is 3.45. The normalized spacial score (nSPS) is 17.2. The lowest BCUT2D eigenvalue weighted by molar-refractivity contribution is -0.124. The number of nitrogens with zero attached hydrogens (tertiary/aromatic N) is 2. The van der Waals surface area contributed by atoms with Gasteiger partial charge in [-0.15, -0.1) is 0 Å². The maximum Gasteiger partial charge on any atom is 0.261 e. The Morgan fingerprint density at radius 2 is 1.88 bits per heavy atom. The van der Waals surface area contributed by atoms with Gasteiger partial charge < -0.3 is 24.8 Å². The zero-order chi connectivity index (χ0) is 22.5. The Balaban J connectivity index is 1.44. The summed E-state index contributed by atoms with van der Waals surface area (Å²) in [6, 6.07) is 15.0. The van der Waals surface area contributed by atoms with Crippen LogP contribution in [0, 0.1) is 11.8 Å². The maximum atomic E-state index is 11.7. The highest BCUT2D eigenvalue weighted by Crippen LogP contribution is 2.24. The summed E-state index contributed by atoms with van der Waals surface area (Å²) < 4.78 is 7.43. The largest absolute Gasteiger partial charge is 0.481 e. The number of aliphatic hydroxyl groups excluding tert-OH is 2. The van der Waals surface area contributed by atoms with Crippen LogP contribution in [0.15, 0.2) is 60.9 Å². The number of hydrogen-bond acceptors (Lipinski definition) is 5. The molecule has 2 heterocycles. The number of imidazole rings is 1. The predicted octanol–water partition coefficient (Wildman–Crippen LogP) is 2.46. The summed E-state index contributed by atoms with van der Waals surface area (Å²) in [4.78, 5) is 15.8. The second kappa shape index (κ2) is 9.69. The number of aliphatic hydroxyl groups is 2. The van der Waals surface area contributed by atoms with E-state index in [1.807, 2.05) is 48.5 Å². The number of carbonyl (C=O) groups is 1. The molecule has 1 aliphatic rings. The van der Waals surface area contributed by atoms with Gasteiger partial charge in [0.2, 0.25) is 0 Å². The highest BCUT2D eigenvalue weighted by Gasteiger charge is 2.25. The van der Waals surface area contributed by atoms with Crippen LogP contribution in [0.3, 0.4) is 0 Å². The van der Waals surface area contributed by atoms with Crippen LogP contribution in [0.4, 0.5) is 0 Å². The molecule has 0 bridgehead atoms. The van der Waals surface area contributed by atoms with Gasteiger partial charge in [0.15, 0.2) is 6.10 Å². The van der Waals surface area contributed by atoms with Crippen molar-refractivity contribution >= 4 is 5.91 Å². The number of ether oxygens (including phenoxy) is 1. The first kappa shape index (κ1) is 21.6. The number of amides is 1. The zero-order valence-electron chi connectivity index (χ0n) is 17.7. The van der Waals surface area contributed by atoms with E-state index < -0.39 is 18.2 Å². The Kier molecular flexibility index (Phi) is 6.55. The number of rotatable bonds is 6. The standard InChI is InChI=1S/C25H25N3O4/c1-17(30)24-26-14-15-28(24)21(16-29)9-4-18-2-5-19(6-3-18)20-7-10-22(11-8-20)32-23-12-13-27-25(23)31/h2-3,5-8,10-11,14-15,17,21,23,29-30H,12-13,16H2,1H3,(H,27,31)/t17-,21-,23-/m0/s1. The van der Waals surface area contributed by atoms with Gasteiger partial charge in [0.05, 0.1) is 6.61 Å². The highest BCUT2D eigenvalue weighted by atomic mass is 16.5. The molecule has 1 amide bonds. The molecule has 0 unspecified atom stereocenters. The third-order valence-corrected chi connectivity index (χ3v) is 5.31. The summed E-state index contributed by atoms with van der Waals surface area (Å²) in [5.74, 6) is 7.21. The summed E-state index contributed by atoms with van der Waals surface area (Å²) in [6.07, 6.45) is 2.81. The molecule has 1 aromatic heterocycles. The van der Waals surface area contributed by atoms with Crippen LogP contribution >= 0.6 is 0 Å². The molecule has 0 aliphatic carbocycles. The van der Waals surface area contributed by atoms with Crippen LogP contribution in [0.1, 0.15) is 36.9 Å². The van der Waals surface area contributed by atoms with Crippen molar-refractivity contribution in [1.82, 2.24) is 14.9 Å². The minimum absolute atomic E-state index is 0.0654. The van der Waals surface area contributed by atoms with Crippen LogP contribution in [0.25, 0.3) is 11.1 Å². The van der Waals surface area contributed by atoms with Crippen molar-refractivity contribution in [1.29, 1.82) is 0 Å². The van der Waals surface area contributed by atoms with E-state index in [4.69, 9.17) is 4.74 Å². The third-order valence-electron chi connectivity index (χ3n) is 5.31. The first-order valence-electron chi connectivity index (χ1n) is 10.5. The van der Waals surface area contributed by atoms with E-state index >= 15 is 0 Å². The van der Waals surface area contributed by atoms with E-state index in [1.165, 1.54) is 0 Å².